The Labute approximate surface area is 127 Å². The minimum Gasteiger partial charge on any atom is -0.319 e. The van der Waals surface area contributed by atoms with E-state index in [4.69, 9.17) is 0 Å². The largest absolute Gasteiger partial charge is 0.325 e. The van der Waals surface area contributed by atoms with E-state index in [1.54, 1.807) is 0 Å². The van der Waals surface area contributed by atoms with Gasteiger partial charge < -0.3 is 5.32 Å². The SMILES string of the molecule is CONC(=O)CN1C(=O)NC2(CCCc3ccccc32)C1=O. The zero-order valence-electron chi connectivity index (χ0n) is 12.2. The van der Waals surface area contributed by atoms with E-state index in [1.807, 2.05) is 24.3 Å². The third kappa shape index (κ3) is 2.14. The molecule has 1 spiro atoms. The number of hydroxylamine groups is 1. The Morgan fingerprint density at radius 3 is 2.95 bits per heavy atom. The summed E-state index contributed by atoms with van der Waals surface area (Å²) in [5.74, 6) is -0.928. The fraction of sp³-hybridized carbons (Fsp3) is 0.400. The molecule has 22 heavy (non-hydrogen) atoms. The Balaban J connectivity index is 1.93. The fourth-order valence-electron chi connectivity index (χ4n) is 3.24. The number of carbonyl (C=O) groups is 3. The highest BCUT2D eigenvalue weighted by molar-refractivity contribution is 6.09. The van der Waals surface area contributed by atoms with Crippen molar-refractivity contribution in [1.29, 1.82) is 0 Å². The van der Waals surface area contributed by atoms with Gasteiger partial charge in [0.25, 0.3) is 11.8 Å². The molecule has 1 saturated heterocycles. The van der Waals surface area contributed by atoms with Gasteiger partial charge in [0.2, 0.25) is 0 Å². The molecule has 0 radical (unpaired) electrons. The Morgan fingerprint density at radius 1 is 1.41 bits per heavy atom. The smallest absolute Gasteiger partial charge is 0.319 e. The summed E-state index contributed by atoms with van der Waals surface area (Å²) in [6.07, 6.45) is 2.23. The Bertz CT molecular complexity index is 645. The van der Waals surface area contributed by atoms with Crippen LogP contribution in [-0.4, -0.2) is 36.4 Å². The lowest BCUT2D eigenvalue weighted by Crippen LogP contribution is -2.47. The molecule has 7 nitrogen and oxygen atoms in total. The standard InChI is InChI=1S/C15H17N3O4/c1-22-17-12(19)9-18-13(20)15(16-14(18)21)8-4-6-10-5-2-3-7-11(10)15/h2-3,5,7H,4,6,8-9H2,1H3,(H,16,21)(H,17,19). The molecule has 1 fully saturated rings. The summed E-state index contributed by atoms with van der Waals surface area (Å²) in [6.45, 7) is -0.359. The van der Waals surface area contributed by atoms with Gasteiger partial charge in [0, 0.05) is 0 Å². The van der Waals surface area contributed by atoms with Crippen molar-refractivity contribution in [2.75, 3.05) is 13.7 Å². The minimum absolute atomic E-state index is 0.359. The second-order valence-electron chi connectivity index (χ2n) is 5.47. The van der Waals surface area contributed by atoms with Gasteiger partial charge in [-0.1, -0.05) is 24.3 Å². The normalized spacial score (nSPS) is 23.4. The molecule has 0 aromatic heterocycles. The highest BCUT2D eigenvalue weighted by Gasteiger charge is 2.54. The molecule has 0 saturated carbocycles. The summed E-state index contributed by atoms with van der Waals surface area (Å²) in [5.41, 5.74) is 2.96. The van der Waals surface area contributed by atoms with Gasteiger partial charge in [-0.3, -0.25) is 19.3 Å². The Kier molecular flexibility index (Phi) is 3.58. The second kappa shape index (κ2) is 5.42. The first-order chi connectivity index (χ1) is 10.6. The third-order valence-corrected chi connectivity index (χ3v) is 4.17. The van der Waals surface area contributed by atoms with E-state index in [0.717, 1.165) is 28.9 Å². The van der Waals surface area contributed by atoms with E-state index in [1.165, 1.54) is 7.11 Å². The number of carbonyl (C=O) groups excluding carboxylic acids is 3. The lowest BCUT2D eigenvalue weighted by Gasteiger charge is -2.33. The van der Waals surface area contributed by atoms with Gasteiger partial charge in [-0.25, -0.2) is 10.3 Å². The van der Waals surface area contributed by atoms with Crippen LogP contribution in [0.25, 0.3) is 0 Å². The zero-order chi connectivity index (χ0) is 15.7. The van der Waals surface area contributed by atoms with Crippen LogP contribution in [0.15, 0.2) is 24.3 Å². The molecule has 1 aliphatic carbocycles. The first kappa shape index (κ1) is 14.5. The van der Waals surface area contributed by atoms with Gasteiger partial charge in [0.1, 0.15) is 12.1 Å². The van der Waals surface area contributed by atoms with Crippen LogP contribution in [-0.2, 0) is 26.4 Å². The number of aryl methyl sites for hydroxylation is 1. The molecule has 1 aromatic carbocycles. The van der Waals surface area contributed by atoms with Crippen molar-refractivity contribution in [3.05, 3.63) is 35.4 Å². The topological polar surface area (TPSA) is 87.7 Å². The van der Waals surface area contributed by atoms with Gasteiger partial charge in [-0.15, -0.1) is 0 Å². The predicted octanol–water partition coefficient (Wildman–Crippen LogP) is 0.448. The summed E-state index contributed by atoms with van der Waals surface area (Å²) >= 11 is 0. The molecule has 1 atom stereocenters. The first-order valence-corrected chi connectivity index (χ1v) is 7.13. The van der Waals surface area contributed by atoms with Crippen LogP contribution in [0.5, 0.6) is 0 Å². The quantitative estimate of drug-likeness (QED) is 0.627. The molecular formula is C15H17N3O4. The zero-order valence-corrected chi connectivity index (χ0v) is 12.2. The van der Waals surface area contributed by atoms with E-state index >= 15 is 0 Å². The van der Waals surface area contributed by atoms with Gasteiger partial charge in [0.15, 0.2) is 0 Å². The predicted molar refractivity (Wildman–Crippen MR) is 76.5 cm³/mol. The van der Waals surface area contributed by atoms with Crippen molar-refractivity contribution in [1.82, 2.24) is 15.7 Å². The van der Waals surface area contributed by atoms with Crippen LogP contribution in [0.4, 0.5) is 4.79 Å². The monoisotopic (exact) mass is 303 g/mol. The average molecular weight is 303 g/mol. The van der Waals surface area contributed by atoms with E-state index < -0.39 is 17.5 Å². The molecule has 116 valence electrons. The lowest BCUT2D eigenvalue weighted by atomic mass is 9.76. The van der Waals surface area contributed by atoms with Crippen LogP contribution in [0.3, 0.4) is 0 Å². The second-order valence-corrected chi connectivity index (χ2v) is 5.47. The van der Waals surface area contributed by atoms with Crippen LogP contribution >= 0.6 is 0 Å². The van der Waals surface area contributed by atoms with Crippen LogP contribution in [0.2, 0.25) is 0 Å². The summed E-state index contributed by atoms with van der Waals surface area (Å²) in [6, 6.07) is 7.06. The summed E-state index contributed by atoms with van der Waals surface area (Å²) < 4.78 is 0. The first-order valence-electron chi connectivity index (χ1n) is 7.13. The van der Waals surface area contributed by atoms with Gasteiger partial charge in [-0.2, -0.15) is 0 Å². The number of benzene rings is 1. The molecule has 7 heteroatoms. The van der Waals surface area contributed by atoms with Crippen molar-refractivity contribution in [3.8, 4) is 0 Å². The maximum Gasteiger partial charge on any atom is 0.325 e. The molecule has 4 amide bonds. The van der Waals surface area contributed by atoms with Crippen molar-refractivity contribution in [2.24, 2.45) is 0 Å². The van der Waals surface area contributed by atoms with Crippen LogP contribution < -0.4 is 10.8 Å². The average Bonchev–Trinajstić information content (AvgIpc) is 2.73. The van der Waals surface area contributed by atoms with Crippen LogP contribution in [0.1, 0.15) is 24.0 Å². The maximum atomic E-state index is 12.8. The number of fused-ring (bicyclic) bond motifs is 2. The number of nitrogens with one attached hydrogen (secondary N) is 2. The summed E-state index contributed by atoms with van der Waals surface area (Å²) in [5, 5.41) is 2.79. The molecule has 1 aromatic rings. The van der Waals surface area contributed by atoms with E-state index in [0.29, 0.717) is 6.42 Å². The maximum absolute atomic E-state index is 12.8. The number of rotatable bonds is 3. The molecule has 1 aliphatic heterocycles. The fourth-order valence-corrected chi connectivity index (χ4v) is 3.24. The highest BCUT2D eigenvalue weighted by Crippen LogP contribution is 2.39. The van der Waals surface area contributed by atoms with E-state index in [-0.39, 0.29) is 12.5 Å². The summed E-state index contributed by atoms with van der Waals surface area (Å²) in [4.78, 5) is 42.0. The number of urea groups is 1. The lowest BCUT2D eigenvalue weighted by molar-refractivity contribution is -0.139. The van der Waals surface area contributed by atoms with Gasteiger partial charge >= 0.3 is 6.03 Å². The minimum atomic E-state index is -1.04. The van der Waals surface area contributed by atoms with Gasteiger partial charge in [0.05, 0.1) is 7.11 Å². The van der Waals surface area contributed by atoms with Crippen molar-refractivity contribution in [3.63, 3.8) is 0 Å². The molecule has 0 bridgehead atoms. The molecule has 3 rings (SSSR count). The molecular weight excluding hydrogens is 286 g/mol. The van der Waals surface area contributed by atoms with E-state index in [2.05, 4.69) is 15.6 Å². The van der Waals surface area contributed by atoms with E-state index in [9.17, 15) is 14.4 Å². The molecule has 1 unspecified atom stereocenters. The molecule has 2 aliphatic rings. The molecule has 2 N–H and O–H groups in total. The van der Waals surface area contributed by atoms with Crippen molar-refractivity contribution >= 4 is 17.8 Å². The van der Waals surface area contributed by atoms with Crippen LogP contribution in [0, 0.1) is 0 Å². The highest BCUT2D eigenvalue weighted by atomic mass is 16.6. The van der Waals surface area contributed by atoms with Crippen molar-refractivity contribution in [2.45, 2.75) is 24.8 Å². The number of hydrogen-bond donors (Lipinski definition) is 2. The Morgan fingerprint density at radius 2 is 2.18 bits per heavy atom. The summed E-state index contributed by atoms with van der Waals surface area (Å²) in [7, 11) is 1.29. The third-order valence-electron chi connectivity index (χ3n) is 4.17. The molecule has 1 heterocycles. The number of imide groups is 1. The number of hydrogen-bond acceptors (Lipinski definition) is 4. The number of amides is 4. The number of nitrogens with zero attached hydrogens (tertiary/aromatic N) is 1. The van der Waals surface area contributed by atoms with Gasteiger partial charge in [-0.05, 0) is 30.4 Å². The Hall–Kier alpha value is -2.41. The van der Waals surface area contributed by atoms with Crippen molar-refractivity contribution < 1.29 is 19.2 Å².